The second-order valence-corrected chi connectivity index (χ2v) is 10.9. The highest BCUT2D eigenvalue weighted by Crippen LogP contribution is 2.22. The molecule has 6 atom stereocenters. The van der Waals surface area contributed by atoms with Crippen LogP contribution in [-0.4, -0.2) is 89.0 Å². The molecule has 1 aliphatic heterocycles. The lowest BCUT2D eigenvalue weighted by atomic mass is 9.99. The van der Waals surface area contributed by atoms with E-state index in [4.69, 9.17) is 18.9 Å². The minimum Gasteiger partial charge on any atom is -0.462 e. The molecule has 1 saturated heterocycles. The number of esters is 2. The molecule has 0 bridgehead atoms. The summed E-state index contributed by atoms with van der Waals surface area (Å²) in [6.07, 6.45) is 14.0. The van der Waals surface area contributed by atoms with E-state index in [0.717, 1.165) is 64.2 Å². The van der Waals surface area contributed by atoms with Crippen LogP contribution in [0.3, 0.4) is 0 Å². The van der Waals surface area contributed by atoms with E-state index in [0.29, 0.717) is 12.8 Å². The zero-order valence-electron chi connectivity index (χ0n) is 25.7. The fraction of sp³-hybridized carbons (Fsp3) is 0.812. The molecule has 1 fully saturated rings. The van der Waals surface area contributed by atoms with Crippen molar-refractivity contribution in [1.82, 2.24) is 0 Å². The quantitative estimate of drug-likeness (QED) is 0.0718. The molecule has 0 spiro atoms. The summed E-state index contributed by atoms with van der Waals surface area (Å²) >= 11 is 0. The van der Waals surface area contributed by atoms with Crippen molar-refractivity contribution in [3.05, 3.63) is 24.3 Å². The second kappa shape index (κ2) is 24.6. The molecule has 0 saturated carbocycles. The third kappa shape index (κ3) is 17.3. The normalized spacial score (nSPS) is 23.4. The van der Waals surface area contributed by atoms with Crippen LogP contribution < -0.4 is 0 Å². The highest BCUT2D eigenvalue weighted by atomic mass is 16.7. The summed E-state index contributed by atoms with van der Waals surface area (Å²) in [4.78, 5) is 24.7. The number of hydrogen-bond donors (Lipinski definition) is 4. The van der Waals surface area contributed by atoms with Gasteiger partial charge in [-0.1, -0.05) is 83.1 Å². The van der Waals surface area contributed by atoms with Crippen molar-refractivity contribution >= 4 is 11.9 Å². The molecule has 1 heterocycles. The van der Waals surface area contributed by atoms with E-state index in [1.54, 1.807) is 0 Å². The molecule has 42 heavy (non-hydrogen) atoms. The third-order valence-electron chi connectivity index (χ3n) is 7.07. The molecule has 10 nitrogen and oxygen atoms in total. The Morgan fingerprint density at radius 1 is 0.738 bits per heavy atom. The van der Waals surface area contributed by atoms with Crippen LogP contribution in [0.25, 0.3) is 0 Å². The zero-order valence-corrected chi connectivity index (χ0v) is 25.7. The maximum absolute atomic E-state index is 12.5. The van der Waals surface area contributed by atoms with E-state index in [-0.39, 0.29) is 26.1 Å². The Bertz CT molecular complexity index is 754. The summed E-state index contributed by atoms with van der Waals surface area (Å²) in [5.41, 5.74) is 0. The lowest BCUT2D eigenvalue weighted by molar-refractivity contribution is -0.305. The number of carbonyl (C=O) groups excluding carboxylic acids is 2. The Labute approximate surface area is 252 Å². The van der Waals surface area contributed by atoms with Gasteiger partial charge in [-0.3, -0.25) is 9.59 Å². The maximum Gasteiger partial charge on any atom is 0.306 e. The molecule has 0 aromatic rings. The summed E-state index contributed by atoms with van der Waals surface area (Å²) < 4.78 is 21.7. The third-order valence-corrected chi connectivity index (χ3v) is 7.07. The molecule has 0 aromatic heterocycles. The first-order chi connectivity index (χ1) is 20.3. The summed E-state index contributed by atoms with van der Waals surface area (Å²) in [6.45, 7) is 3.16. The van der Waals surface area contributed by atoms with Gasteiger partial charge >= 0.3 is 11.9 Å². The lowest BCUT2D eigenvalue weighted by Gasteiger charge is -2.39. The van der Waals surface area contributed by atoms with Crippen LogP contribution in [-0.2, 0) is 28.5 Å². The van der Waals surface area contributed by atoms with Crippen LogP contribution in [0.5, 0.6) is 0 Å². The minimum absolute atomic E-state index is 0.214. The number of hydrogen-bond acceptors (Lipinski definition) is 10. The van der Waals surface area contributed by atoms with Gasteiger partial charge in [0.05, 0.1) is 13.2 Å². The Kier molecular flexibility index (Phi) is 22.4. The van der Waals surface area contributed by atoms with Crippen LogP contribution in [0.4, 0.5) is 0 Å². The van der Waals surface area contributed by atoms with Gasteiger partial charge < -0.3 is 39.4 Å². The average Bonchev–Trinajstić information content (AvgIpc) is 2.98. The van der Waals surface area contributed by atoms with Crippen molar-refractivity contribution in [1.29, 1.82) is 0 Å². The number of allylic oxidation sites excluding steroid dienone is 4. The number of aliphatic hydroxyl groups excluding tert-OH is 4. The average molecular weight is 601 g/mol. The Morgan fingerprint density at radius 3 is 2.07 bits per heavy atom. The lowest BCUT2D eigenvalue weighted by Crippen LogP contribution is -2.59. The van der Waals surface area contributed by atoms with E-state index in [1.165, 1.54) is 6.42 Å². The molecule has 0 radical (unpaired) electrons. The minimum atomic E-state index is -1.59. The van der Waals surface area contributed by atoms with Gasteiger partial charge in [-0.2, -0.15) is 0 Å². The van der Waals surface area contributed by atoms with Crippen molar-refractivity contribution in [3.8, 4) is 0 Å². The maximum atomic E-state index is 12.5. The SMILES string of the molecule is CCC/C=C\C/C=C\CCCCCCCC(=O)OC(COC(=O)CCCCCC)COC1OC(CO)C(O)C(O)C1O. The molecule has 1 rings (SSSR count). The Hall–Kier alpha value is -1.82. The van der Waals surface area contributed by atoms with Crippen LogP contribution >= 0.6 is 0 Å². The molecule has 0 aliphatic carbocycles. The van der Waals surface area contributed by atoms with Gasteiger partial charge in [-0.25, -0.2) is 0 Å². The van der Waals surface area contributed by atoms with Crippen molar-refractivity contribution in [2.75, 3.05) is 19.8 Å². The molecule has 10 heteroatoms. The fourth-order valence-electron chi connectivity index (χ4n) is 4.46. The Morgan fingerprint density at radius 2 is 1.38 bits per heavy atom. The van der Waals surface area contributed by atoms with E-state index in [2.05, 4.69) is 38.2 Å². The van der Waals surface area contributed by atoms with Gasteiger partial charge in [0.2, 0.25) is 0 Å². The van der Waals surface area contributed by atoms with Crippen LogP contribution in [0.15, 0.2) is 24.3 Å². The summed E-state index contributed by atoms with van der Waals surface area (Å²) in [7, 11) is 0. The van der Waals surface area contributed by atoms with E-state index >= 15 is 0 Å². The molecule has 0 amide bonds. The van der Waals surface area contributed by atoms with Crippen molar-refractivity contribution in [2.24, 2.45) is 0 Å². The first kappa shape index (κ1) is 38.2. The van der Waals surface area contributed by atoms with Gasteiger partial charge in [0.15, 0.2) is 12.4 Å². The van der Waals surface area contributed by atoms with Crippen molar-refractivity contribution in [3.63, 3.8) is 0 Å². The molecular formula is C32H56O10. The van der Waals surface area contributed by atoms with Crippen molar-refractivity contribution in [2.45, 2.75) is 147 Å². The number of aliphatic hydroxyl groups is 4. The highest BCUT2D eigenvalue weighted by Gasteiger charge is 2.44. The van der Waals surface area contributed by atoms with Gasteiger partial charge in [0, 0.05) is 12.8 Å². The summed E-state index contributed by atoms with van der Waals surface area (Å²) in [6, 6.07) is 0. The molecular weight excluding hydrogens is 544 g/mol. The highest BCUT2D eigenvalue weighted by molar-refractivity contribution is 5.70. The molecule has 4 N–H and O–H groups in total. The smallest absolute Gasteiger partial charge is 0.306 e. The molecule has 6 unspecified atom stereocenters. The molecule has 0 aromatic carbocycles. The van der Waals surface area contributed by atoms with Crippen LogP contribution in [0, 0.1) is 0 Å². The zero-order chi connectivity index (χ0) is 31.0. The predicted molar refractivity (Wildman–Crippen MR) is 159 cm³/mol. The predicted octanol–water partition coefficient (Wildman–Crippen LogP) is 4.26. The van der Waals surface area contributed by atoms with Gasteiger partial charge in [-0.05, 0) is 38.5 Å². The first-order valence-corrected chi connectivity index (χ1v) is 15.9. The van der Waals surface area contributed by atoms with Gasteiger partial charge in [-0.15, -0.1) is 0 Å². The number of unbranched alkanes of at least 4 members (excludes halogenated alkanes) is 9. The molecule has 1 aliphatic rings. The topological polar surface area (TPSA) is 152 Å². The second-order valence-electron chi connectivity index (χ2n) is 10.9. The fourth-order valence-corrected chi connectivity index (χ4v) is 4.46. The van der Waals surface area contributed by atoms with Gasteiger partial charge in [0.25, 0.3) is 0 Å². The van der Waals surface area contributed by atoms with Gasteiger partial charge in [0.1, 0.15) is 31.0 Å². The standard InChI is InChI=1S/C32H56O10/c1-3-5-7-9-10-11-12-13-14-15-16-17-19-21-28(35)41-25(23-39-27(34)20-18-8-6-4-2)24-40-32-31(38)30(37)29(36)26(22-33)42-32/h7,9,11-12,25-26,29-33,36-38H,3-6,8,10,13-24H2,1-2H3/b9-7-,12-11-. The number of ether oxygens (including phenoxy) is 4. The van der Waals surface area contributed by atoms with Crippen LogP contribution in [0.1, 0.15) is 110 Å². The van der Waals surface area contributed by atoms with E-state index in [9.17, 15) is 30.0 Å². The van der Waals surface area contributed by atoms with E-state index < -0.39 is 55.4 Å². The largest absolute Gasteiger partial charge is 0.462 e. The summed E-state index contributed by atoms with van der Waals surface area (Å²) in [5.74, 6) is -0.849. The monoisotopic (exact) mass is 600 g/mol. The Balaban J connectivity index is 2.44. The number of carbonyl (C=O) groups is 2. The summed E-state index contributed by atoms with van der Waals surface area (Å²) in [5, 5.41) is 39.6. The van der Waals surface area contributed by atoms with Crippen molar-refractivity contribution < 1.29 is 49.0 Å². The number of rotatable bonds is 24. The first-order valence-electron chi connectivity index (χ1n) is 15.9. The van der Waals surface area contributed by atoms with E-state index in [1.807, 2.05) is 0 Å². The molecule has 244 valence electrons. The van der Waals surface area contributed by atoms with Crippen LogP contribution in [0.2, 0.25) is 0 Å².